The quantitative estimate of drug-likeness (QED) is 0.319. The summed E-state index contributed by atoms with van der Waals surface area (Å²) in [6.07, 6.45) is 13.0. The third-order valence-corrected chi connectivity index (χ3v) is 5.45. The van der Waals surface area contributed by atoms with Crippen LogP contribution in [0.1, 0.15) is 91.9 Å². The maximum Gasteiger partial charge on any atom is 0.0323 e. The van der Waals surface area contributed by atoms with E-state index in [4.69, 9.17) is 3.63 Å². The average molecular weight is 307 g/mol. The molecule has 0 saturated heterocycles. The molecule has 0 saturated carbocycles. The smallest absolute Gasteiger partial charge is 0.0323 e. The lowest BCUT2D eigenvalue weighted by molar-refractivity contribution is 0.598. The van der Waals surface area contributed by atoms with Gasteiger partial charge in [0, 0.05) is 34.6 Å². The molecule has 0 radical (unpaired) electrons. The van der Waals surface area contributed by atoms with Crippen LogP contribution in [0.3, 0.4) is 0 Å². The lowest BCUT2D eigenvalue weighted by Gasteiger charge is -2.17. The van der Waals surface area contributed by atoms with E-state index in [-0.39, 0.29) is 0 Å². The first-order chi connectivity index (χ1) is 9.28. The van der Waals surface area contributed by atoms with E-state index in [1.165, 1.54) is 64.2 Å². The number of rotatable bonds is 14. The second-order valence-corrected chi connectivity index (χ2v) is 7.63. The van der Waals surface area contributed by atoms with Gasteiger partial charge in [0.25, 0.3) is 0 Å². The van der Waals surface area contributed by atoms with Crippen molar-refractivity contribution in [3.05, 3.63) is 0 Å². The molecule has 0 amide bonds. The van der Waals surface area contributed by atoms with Gasteiger partial charge in [0.15, 0.2) is 0 Å². The van der Waals surface area contributed by atoms with Crippen LogP contribution in [-0.4, -0.2) is 10.5 Å². The van der Waals surface area contributed by atoms with Crippen molar-refractivity contribution in [3.8, 4) is 0 Å². The predicted octanol–water partition coefficient (Wildman–Crippen LogP) is 7.02. The van der Waals surface area contributed by atoms with Crippen molar-refractivity contribution in [1.82, 2.24) is 0 Å². The molecule has 0 N–H and O–H groups in total. The van der Waals surface area contributed by atoms with E-state index in [9.17, 15) is 0 Å². The Labute approximate surface area is 130 Å². The minimum absolute atomic E-state index is 0.700. The Bertz CT molecular complexity index is 158. The fourth-order valence-corrected chi connectivity index (χ4v) is 4.38. The van der Waals surface area contributed by atoms with Crippen LogP contribution in [0.4, 0.5) is 0 Å². The first-order valence-corrected chi connectivity index (χ1v) is 9.88. The monoisotopic (exact) mass is 306 g/mol. The van der Waals surface area contributed by atoms with Crippen LogP contribution in [0, 0.1) is 0 Å². The van der Waals surface area contributed by atoms with Gasteiger partial charge in [0.2, 0.25) is 0 Å². The van der Waals surface area contributed by atoms with Gasteiger partial charge < -0.3 is 0 Å². The average Bonchev–Trinajstić information content (AvgIpc) is 2.42. The van der Waals surface area contributed by atoms with Gasteiger partial charge in [-0.2, -0.15) is 0 Å². The summed E-state index contributed by atoms with van der Waals surface area (Å²) in [6.45, 7) is 9.08. The van der Waals surface area contributed by atoms with E-state index in [1.54, 1.807) is 24.1 Å². The second-order valence-electron chi connectivity index (χ2n) is 5.37. The zero-order valence-electron chi connectivity index (χ0n) is 13.5. The Hall–Kier alpha value is 0.660. The molecule has 2 unspecified atom stereocenters. The zero-order valence-corrected chi connectivity index (χ0v) is 15.1. The number of hydrogen-bond acceptors (Lipinski definition) is 3. The van der Waals surface area contributed by atoms with Gasteiger partial charge in [-0.25, -0.2) is 3.63 Å². The van der Waals surface area contributed by atoms with Gasteiger partial charge in [-0.05, 0) is 25.7 Å². The highest BCUT2D eigenvalue weighted by Gasteiger charge is 2.13. The van der Waals surface area contributed by atoms with Crippen molar-refractivity contribution < 1.29 is 3.63 Å². The fraction of sp³-hybridized carbons (Fsp3) is 1.00. The summed E-state index contributed by atoms with van der Waals surface area (Å²) < 4.78 is 5.89. The SMILES string of the molecule is CCCCC(CCC)SOSC(CCC)CCCC. The molecular formula is C16H34OS2. The van der Waals surface area contributed by atoms with Crippen LogP contribution in [0.25, 0.3) is 0 Å². The standard InChI is InChI=1S/C16H34OS2/c1-5-9-13-15(11-7-3)18-17-19-16(12-8-4)14-10-6-2/h15-16H,5-14H2,1-4H3. The first kappa shape index (κ1) is 19.7. The van der Waals surface area contributed by atoms with E-state index < -0.39 is 0 Å². The minimum Gasteiger partial charge on any atom is -0.247 e. The molecule has 0 heterocycles. The van der Waals surface area contributed by atoms with E-state index in [0.717, 1.165) is 0 Å². The van der Waals surface area contributed by atoms with Crippen molar-refractivity contribution in [2.24, 2.45) is 0 Å². The van der Waals surface area contributed by atoms with Crippen molar-refractivity contribution in [3.63, 3.8) is 0 Å². The van der Waals surface area contributed by atoms with E-state index in [0.29, 0.717) is 10.5 Å². The van der Waals surface area contributed by atoms with Crippen molar-refractivity contribution in [2.75, 3.05) is 0 Å². The van der Waals surface area contributed by atoms with Crippen LogP contribution in [0.15, 0.2) is 0 Å². The Morgan fingerprint density at radius 1 is 0.632 bits per heavy atom. The number of hydrogen-bond donors (Lipinski definition) is 0. The molecule has 0 aromatic rings. The van der Waals surface area contributed by atoms with E-state index in [1.807, 2.05) is 0 Å². The fourth-order valence-electron chi connectivity index (χ4n) is 2.12. The Morgan fingerprint density at radius 2 is 1.05 bits per heavy atom. The Kier molecular flexibility index (Phi) is 15.6. The Balaban J connectivity index is 3.83. The largest absolute Gasteiger partial charge is 0.247 e. The van der Waals surface area contributed by atoms with Gasteiger partial charge >= 0.3 is 0 Å². The molecule has 0 spiro atoms. The number of unbranched alkanes of at least 4 members (excludes halogenated alkanes) is 2. The molecular weight excluding hydrogens is 272 g/mol. The molecule has 116 valence electrons. The first-order valence-electron chi connectivity index (χ1n) is 8.27. The normalized spacial score (nSPS) is 14.5. The van der Waals surface area contributed by atoms with Crippen LogP contribution in [-0.2, 0) is 3.63 Å². The van der Waals surface area contributed by atoms with Gasteiger partial charge in [-0.3, -0.25) is 0 Å². The summed E-state index contributed by atoms with van der Waals surface area (Å²) in [5.41, 5.74) is 0. The summed E-state index contributed by atoms with van der Waals surface area (Å²) >= 11 is 3.47. The summed E-state index contributed by atoms with van der Waals surface area (Å²) in [7, 11) is 0. The van der Waals surface area contributed by atoms with Crippen molar-refractivity contribution >= 4 is 24.1 Å². The molecule has 0 aliphatic rings. The molecule has 3 heteroatoms. The van der Waals surface area contributed by atoms with E-state index in [2.05, 4.69) is 27.7 Å². The molecule has 0 aromatic heterocycles. The molecule has 0 aromatic carbocycles. The van der Waals surface area contributed by atoms with Crippen LogP contribution >= 0.6 is 24.1 Å². The highest BCUT2D eigenvalue weighted by Crippen LogP contribution is 2.32. The third-order valence-electron chi connectivity index (χ3n) is 3.33. The summed E-state index contributed by atoms with van der Waals surface area (Å²) in [5.74, 6) is 0. The van der Waals surface area contributed by atoms with Crippen LogP contribution in [0.2, 0.25) is 0 Å². The topological polar surface area (TPSA) is 9.23 Å². The summed E-state index contributed by atoms with van der Waals surface area (Å²) in [4.78, 5) is 0. The Morgan fingerprint density at radius 3 is 1.37 bits per heavy atom. The lowest BCUT2D eigenvalue weighted by atomic mass is 10.1. The second kappa shape index (κ2) is 15.1. The van der Waals surface area contributed by atoms with Gasteiger partial charge in [-0.1, -0.05) is 66.2 Å². The highest BCUT2D eigenvalue weighted by atomic mass is 32.2. The molecule has 0 fully saturated rings. The van der Waals surface area contributed by atoms with Gasteiger partial charge in [0.1, 0.15) is 0 Å². The van der Waals surface area contributed by atoms with Gasteiger partial charge in [-0.15, -0.1) is 0 Å². The maximum atomic E-state index is 5.89. The molecule has 0 aliphatic carbocycles. The highest BCUT2D eigenvalue weighted by molar-refractivity contribution is 8.08. The lowest BCUT2D eigenvalue weighted by Crippen LogP contribution is -2.05. The minimum atomic E-state index is 0.700. The third kappa shape index (κ3) is 12.1. The maximum absolute atomic E-state index is 5.89. The van der Waals surface area contributed by atoms with Gasteiger partial charge in [0.05, 0.1) is 0 Å². The van der Waals surface area contributed by atoms with E-state index >= 15 is 0 Å². The molecule has 2 atom stereocenters. The molecule has 0 rings (SSSR count). The zero-order chi connectivity index (χ0) is 14.3. The van der Waals surface area contributed by atoms with Crippen molar-refractivity contribution in [1.29, 1.82) is 0 Å². The van der Waals surface area contributed by atoms with Crippen LogP contribution in [0.5, 0.6) is 0 Å². The molecule has 1 nitrogen and oxygen atoms in total. The predicted molar refractivity (Wildman–Crippen MR) is 92.7 cm³/mol. The summed E-state index contributed by atoms with van der Waals surface area (Å²) in [6, 6.07) is 0. The van der Waals surface area contributed by atoms with Crippen molar-refractivity contribution in [2.45, 2.75) is 102 Å². The molecule has 0 bridgehead atoms. The molecule has 0 aliphatic heterocycles. The molecule has 19 heavy (non-hydrogen) atoms. The van der Waals surface area contributed by atoms with Crippen LogP contribution < -0.4 is 0 Å². The summed E-state index contributed by atoms with van der Waals surface area (Å²) in [5, 5.41) is 1.40.